The molecule has 0 radical (unpaired) electrons. The molecule has 0 amide bonds. The average molecular weight is 390 g/mol. The number of nitrogens with zero attached hydrogens (tertiary/aromatic N) is 2. The molecule has 0 saturated carbocycles. The van der Waals surface area contributed by atoms with E-state index in [1.165, 1.54) is 0 Å². The van der Waals surface area contributed by atoms with E-state index in [1.54, 1.807) is 0 Å². The van der Waals surface area contributed by atoms with Gasteiger partial charge in [-0.05, 0) is 34.7 Å². The van der Waals surface area contributed by atoms with Gasteiger partial charge in [-0.2, -0.15) is 0 Å². The fraction of sp³-hybridized carbons (Fsp3) is 0.0909. The van der Waals surface area contributed by atoms with Crippen LogP contribution in [0.1, 0.15) is 0 Å². The van der Waals surface area contributed by atoms with Crippen LogP contribution in [0.4, 0.5) is 5.82 Å². The maximum atomic E-state index is 4.45. The Labute approximate surface area is 116 Å². The highest BCUT2D eigenvalue weighted by Crippen LogP contribution is 2.21. The van der Waals surface area contributed by atoms with E-state index in [4.69, 9.17) is 0 Å². The standard InChI is InChI=1S/C11H9BrIN3/c1-14-11-9(13)6-15-10(16-11)7-2-4-8(12)5-3-7/h2-6H,1H3,(H,14,15,16). The molecule has 1 aromatic heterocycles. The lowest BCUT2D eigenvalue weighted by molar-refractivity contribution is 1.15. The minimum absolute atomic E-state index is 0.734. The lowest BCUT2D eigenvalue weighted by atomic mass is 10.2. The second-order valence-corrected chi connectivity index (χ2v) is 5.22. The van der Waals surface area contributed by atoms with E-state index in [0.29, 0.717) is 0 Å². The molecule has 5 heteroatoms. The number of nitrogens with one attached hydrogen (secondary N) is 1. The quantitative estimate of drug-likeness (QED) is 0.798. The summed E-state index contributed by atoms with van der Waals surface area (Å²) in [5.41, 5.74) is 1.01. The van der Waals surface area contributed by atoms with Crippen LogP contribution in [0.5, 0.6) is 0 Å². The Balaban J connectivity index is 2.44. The van der Waals surface area contributed by atoms with Gasteiger partial charge in [0.05, 0.1) is 3.57 Å². The smallest absolute Gasteiger partial charge is 0.161 e. The van der Waals surface area contributed by atoms with Crippen molar-refractivity contribution in [1.82, 2.24) is 9.97 Å². The molecule has 0 aliphatic rings. The number of aromatic nitrogens is 2. The number of anilines is 1. The largest absolute Gasteiger partial charge is 0.372 e. The topological polar surface area (TPSA) is 37.8 Å². The van der Waals surface area contributed by atoms with Crippen LogP contribution in [0, 0.1) is 3.57 Å². The SMILES string of the molecule is CNc1nc(-c2ccc(Br)cc2)ncc1I. The first-order valence-corrected chi connectivity index (χ1v) is 6.54. The second kappa shape index (κ2) is 5.09. The average Bonchev–Trinajstić information content (AvgIpc) is 2.31. The van der Waals surface area contributed by atoms with Gasteiger partial charge in [-0.15, -0.1) is 0 Å². The number of hydrogen-bond donors (Lipinski definition) is 1. The summed E-state index contributed by atoms with van der Waals surface area (Å²) in [6.45, 7) is 0. The third-order valence-corrected chi connectivity index (χ3v) is 3.40. The van der Waals surface area contributed by atoms with E-state index in [-0.39, 0.29) is 0 Å². The van der Waals surface area contributed by atoms with E-state index in [9.17, 15) is 0 Å². The molecule has 0 saturated heterocycles. The molecule has 2 aromatic rings. The minimum atomic E-state index is 0.734. The van der Waals surface area contributed by atoms with E-state index >= 15 is 0 Å². The number of rotatable bonds is 2. The lowest BCUT2D eigenvalue weighted by Gasteiger charge is -2.05. The Kier molecular flexibility index (Phi) is 3.75. The molecule has 82 valence electrons. The molecule has 0 spiro atoms. The second-order valence-electron chi connectivity index (χ2n) is 3.15. The zero-order valence-corrected chi connectivity index (χ0v) is 12.3. The van der Waals surface area contributed by atoms with Crippen LogP contribution < -0.4 is 5.32 Å². The molecular formula is C11H9BrIN3. The van der Waals surface area contributed by atoms with Gasteiger partial charge in [0, 0.05) is 23.3 Å². The maximum Gasteiger partial charge on any atom is 0.161 e. The van der Waals surface area contributed by atoms with Gasteiger partial charge in [-0.1, -0.05) is 28.1 Å². The Hall–Kier alpha value is -0.690. The van der Waals surface area contributed by atoms with Gasteiger partial charge in [0.25, 0.3) is 0 Å². The van der Waals surface area contributed by atoms with Crippen LogP contribution in [0.3, 0.4) is 0 Å². The predicted molar refractivity (Wildman–Crippen MR) is 77.4 cm³/mol. The molecule has 0 aliphatic carbocycles. The zero-order chi connectivity index (χ0) is 11.5. The highest BCUT2D eigenvalue weighted by atomic mass is 127. The van der Waals surface area contributed by atoms with E-state index in [0.717, 1.165) is 25.2 Å². The summed E-state index contributed by atoms with van der Waals surface area (Å²) in [5, 5.41) is 3.05. The van der Waals surface area contributed by atoms with Crippen molar-refractivity contribution in [3.63, 3.8) is 0 Å². The molecule has 0 aliphatic heterocycles. The normalized spacial score (nSPS) is 10.2. The first kappa shape index (κ1) is 11.8. The van der Waals surface area contributed by atoms with Crippen molar-refractivity contribution >= 4 is 44.3 Å². The molecular weight excluding hydrogens is 381 g/mol. The van der Waals surface area contributed by atoms with Crippen molar-refractivity contribution in [2.24, 2.45) is 0 Å². The summed E-state index contributed by atoms with van der Waals surface area (Å²) in [6, 6.07) is 7.95. The molecule has 3 nitrogen and oxygen atoms in total. The van der Waals surface area contributed by atoms with Crippen LogP contribution in [-0.4, -0.2) is 17.0 Å². The number of benzene rings is 1. The summed E-state index contributed by atoms with van der Waals surface area (Å²) in [5.74, 6) is 1.59. The third kappa shape index (κ3) is 2.52. The molecule has 0 atom stereocenters. The van der Waals surface area contributed by atoms with Crippen LogP contribution in [-0.2, 0) is 0 Å². The van der Waals surface area contributed by atoms with Gasteiger partial charge in [-0.25, -0.2) is 9.97 Å². The molecule has 0 bridgehead atoms. The molecule has 1 heterocycles. The van der Waals surface area contributed by atoms with Crippen molar-refractivity contribution in [2.75, 3.05) is 12.4 Å². The van der Waals surface area contributed by atoms with Gasteiger partial charge >= 0.3 is 0 Å². The number of hydrogen-bond acceptors (Lipinski definition) is 3. The van der Waals surface area contributed by atoms with Crippen molar-refractivity contribution in [3.05, 3.63) is 38.5 Å². The van der Waals surface area contributed by atoms with Gasteiger partial charge in [-0.3, -0.25) is 0 Å². The van der Waals surface area contributed by atoms with Crippen LogP contribution in [0.25, 0.3) is 11.4 Å². The summed E-state index contributed by atoms with van der Waals surface area (Å²) in [6.07, 6.45) is 1.82. The molecule has 2 rings (SSSR count). The Morgan fingerprint density at radius 3 is 2.56 bits per heavy atom. The first-order valence-electron chi connectivity index (χ1n) is 4.67. The molecule has 0 unspecified atom stereocenters. The molecule has 0 fully saturated rings. The molecule has 16 heavy (non-hydrogen) atoms. The van der Waals surface area contributed by atoms with Crippen LogP contribution >= 0.6 is 38.5 Å². The van der Waals surface area contributed by atoms with Crippen LogP contribution in [0.15, 0.2) is 34.9 Å². The Bertz CT molecular complexity index is 499. The fourth-order valence-corrected chi connectivity index (χ4v) is 2.07. The van der Waals surface area contributed by atoms with Gasteiger partial charge in [0.2, 0.25) is 0 Å². The van der Waals surface area contributed by atoms with Gasteiger partial charge in [0.1, 0.15) is 5.82 Å². The maximum absolute atomic E-state index is 4.45. The predicted octanol–water partition coefficient (Wildman–Crippen LogP) is 3.55. The summed E-state index contributed by atoms with van der Waals surface area (Å²) >= 11 is 5.61. The highest BCUT2D eigenvalue weighted by molar-refractivity contribution is 14.1. The Morgan fingerprint density at radius 1 is 1.25 bits per heavy atom. The summed E-state index contributed by atoms with van der Waals surface area (Å²) in [4.78, 5) is 8.76. The van der Waals surface area contributed by atoms with E-state index in [1.807, 2.05) is 37.5 Å². The van der Waals surface area contributed by atoms with Crippen molar-refractivity contribution < 1.29 is 0 Å². The lowest BCUT2D eigenvalue weighted by Crippen LogP contribution is -1.99. The fourth-order valence-electron chi connectivity index (χ4n) is 1.28. The van der Waals surface area contributed by atoms with Crippen molar-refractivity contribution in [2.45, 2.75) is 0 Å². The first-order chi connectivity index (χ1) is 7.70. The Morgan fingerprint density at radius 2 is 1.94 bits per heavy atom. The highest BCUT2D eigenvalue weighted by Gasteiger charge is 2.05. The molecule has 1 aromatic carbocycles. The monoisotopic (exact) mass is 389 g/mol. The summed E-state index contributed by atoms with van der Waals surface area (Å²) in [7, 11) is 1.86. The third-order valence-electron chi connectivity index (χ3n) is 2.08. The van der Waals surface area contributed by atoms with E-state index in [2.05, 4.69) is 53.8 Å². The van der Waals surface area contributed by atoms with Gasteiger partial charge in [0.15, 0.2) is 5.82 Å². The number of halogens is 2. The zero-order valence-electron chi connectivity index (χ0n) is 8.54. The molecule has 1 N–H and O–H groups in total. The minimum Gasteiger partial charge on any atom is -0.372 e. The van der Waals surface area contributed by atoms with Crippen molar-refractivity contribution in [1.29, 1.82) is 0 Å². The summed E-state index contributed by atoms with van der Waals surface area (Å²) < 4.78 is 2.07. The van der Waals surface area contributed by atoms with Gasteiger partial charge < -0.3 is 5.32 Å². The van der Waals surface area contributed by atoms with Crippen molar-refractivity contribution in [3.8, 4) is 11.4 Å². The van der Waals surface area contributed by atoms with E-state index < -0.39 is 0 Å². The van der Waals surface area contributed by atoms with Crippen LogP contribution in [0.2, 0.25) is 0 Å².